The quantitative estimate of drug-likeness (QED) is 0.319. The summed E-state index contributed by atoms with van der Waals surface area (Å²) in [7, 11) is -4.81. The molecule has 0 aliphatic heterocycles. The summed E-state index contributed by atoms with van der Waals surface area (Å²) in [6.45, 7) is 3.76. The van der Waals surface area contributed by atoms with E-state index in [1.807, 2.05) is 42.5 Å². The van der Waals surface area contributed by atoms with E-state index in [0.29, 0.717) is 5.69 Å². The monoisotopic (exact) mass is 431 g/mol. The van der Waals surface area contributed by atoms with E-state index in [1.165, 1.54) is 11.6 Å². The van der Waals surface area contributed by atoms with E-state index in [0.717, 1.165) is 30.9 Å². The summed E-state index contributed by atoms with van der Waals surface area (Å²) in [4.78, 5) is 1.73. The first-order valence-corrected chi connectivity index (χ1v) is 10.7. The highest BCUT2D eigenvalue weighted by Crippen LogP contribution is 2.30. The first-order chi connectivity index (χ1) is 13.9. The number of azo groups is 1. The second-order valence-electron chi connectivity index (χ2n) is 6.27. The third-order valence-electron chi connectivity index (χ3n) is 4.29. The van der Waals surface area contributed by atoms with E-state index >= 15 is 0 Å². The Hall–Kier alpha value is -2.77. The van der Waals surface area contributed by atoms with Crippen LogP contribution in [0.3, 0.4) is 0 Å². The Labute approximate surface area is 174 Å². The van der Waals surface area contributed by atoms with Crippen LogP contribution in [0.4, 0.5) is 20.9 Å². The Kier molecular flexibility index (Phi) is 6.61. The maximum atomic E-state index is 13.0. The van der Waals surface area contributed by atoms with Gasteiger partial charge in [0.25, 0.3) is 0 Å². The minimum Gasteiger partial charge on any atom is -0.367 e. The SMILES string of the molecule is CCN(Cc1ccccc1)c1ccc(N=Nc2ccc(S(=O)(=O)F)cc2Cl)cc1. The van der Waals surface area contributed by atoms with E-state index in [-0.39, 0.29) is 10.7 Å². The van der Waals surface area contributed by atoms with Crippen LogP contribution < -0.4 is 4.90 Å². The van der Waals surface area contributed by atoms with Gasteiger partial charge < -0.3 is 4.90 Å². The van der Waals surface area contributed by atoms with Gasteiger partial charge in [-0.25, -0.2) is 0 Å². The van der Waals surface area contributed by atoms with Crippen molar-refractivity contribution in [1.82, 2.24) is 0 Å². The van der Waals surface area contributed by atoms with E-state index in [1.54, 1.807) is 0 Å². The molecule has 3 aromatic rings. The normalized spacial score (nSPS) is 11.7. The second-order valence-corrected chi connectivity index (χ2v) is 8.02. The minimum absolute atomic E-state index is 0.00381. The molecule has 0 unspecified atom stereocenters. The third kappa shape index (κ3) is 5.62. The van der Waals surface area contributed by atoms with Crippen molar-refractivity contribution in [3.05, 3.63) is 83.4 Å². The van der Waals surface area contributed by atoms with Gasteiger partial charge in [-0.15, -0.1) is 9.00 Å². The zero-order valence-electron chi connectivity index (χ0n) is 15.7. The molecule has 8 heteroatoms. The van der Waals surface area contributed by atoms with Crippen molar-refractivity contribution in [2.45, 2.75) is 18.4 Å². The van der Waals surface area contributed by atoms with Gasteiger partial charge >= 0.3 is 10.2 Å². The topological polar surface area (TPSA) is 62.1 Å². The van der Waals surface area contributed by atoms with Gasteiger partial charge in [0.05, 0.1) is 10.7 Å². The summed E-state index contributed by atoms with van der Waals surface area (Å²) in [5, 5.41) is 8.15. The van der Waals surface area contributed by atoms with Gasteiger partial charge in [-0.3, -0.25) is 0 Å². The lowest BCUT2D eigenvalue weighted by Crippen LogP contribution is -2.21. The Morgan fingerprint density at radius 1 is 0.966 bits per heavy atom. The number of anilines is 1. The molecule has 3 rings (SSSR count). The van der Waals surface area contributed by atoms with Gasteiger partial charge in [0.1, 0.15) is 10.6 Å². The predicted octanol–water partition coefficient (Wildman–Crippen LogP) is 6.44. The van der Waals surface area contributed by atoms with Gasteiger partial charge in [0.15, 0.2) is 0 Å². The molecule has 0 saturated carbocycles. The van der Waals surface area contributed by atoms with Gasteiger partial charge in [-0.05, 0) is 55.0 Å². The van der Waals surface area contributed by atoms with Crippen LogP contribution in [-0.4, -0.2) is 15.0 Å². The fourth-order valence-electron chi connectivity index (χ4n) is 2.75. The number of hydrogen-bond donors (Lipinski definition) is 0. The van der Waals surface area contributed by atoms with E-state index in [2.05, 4.69) is 34.2 Å². The molecule has 5 nitrogen and oxygen atoms in total. The first-order valence-electron chi connectivity index (χ1n) is 8.91. The standard InChI is InChI=1S/C21H19ClFN3O2S/c1-2-26(15-16-6-4-3-5-7-16)18-10-8-17(9-11-18)24-25-21-13-12-19(14-20(21)22)29(23,27)28/h3-14H,2,15H2,1H3. The van der Waals surface area contributed by atoms with Crippen LogP contribution >= 0.6 is 11.6 Å². The van der Waals surface area contributed by atoms with Crippen LogP contribution in [0.1, 0.15) is 12.5 Å². The fraction of sp³-hybridized carbons (Fsp3) is 0.143. The summed E-state index contributed by atoms with van der Waals surface area (Å²) in [5.74, 6) is 0. The average Bonchev–Trinajstić information content (AvgIpc) is 2.71. The summed E-state index contributed by atoms with van der Waals surface area (Å²) in [5.41, 5.74) is 3.16. The molecular weight excluding hydrogens is 413 g/mol. The van der Waals surface area contributed by atoms with Crippen molar-refractivity contribution >= 4 is 38.9 Å². The molecule has 0 saturated heterocycles. The highest BCUT2D eigenvalue weighted by Gasteiger charge is 2.13. The van der Waals surface area contributed by atoms with Crippen LogP contribution in [-0.2, 0) is 16.8 Å². The third-order valence-corrected chi connectivity index (χ3v) is 5.41. The zero-order valence-corrected chi connectivity index (χ0v) is 17.2. The lowest BCUT2D eigenvalue weighted by Gasteiger charge is -2.23. The van der Waals surface area contributed by atoms with Crippen molar-refractivity contribution in [1.29, 1.82) is 0 Å². The maximum absolute atomic E-state index is 13.0. The lowest BCUT2D eigenvalue weighted by atomic mass is 10.2. The van der Waals surface area contributed by atoms with Crippen molar-refractivity contribution in [3.8, 4) is 0 Å². The number of halogens is 2. The molecule has 0 atom stereocenters. The molecule has 0 radical (unpaired) electrons. The molecule has 0 aliphatic rings. The highest BCUT2D eigenvalue weighted by molar-refractivity contribution is 7.86. The van der Waals surface area contributed by atoms with Crippen molar-refractivity contribution < 1.29 is 12.3 Å². The molecule has 0 spiro atoms. The molecule has 0 amide bonds. The number of hydrogen-bond acceptors (Lipinski definition) is 5. The molecule has 3 aromatic carbocycles. The van der Waals surface area contributed by atoms with Crippen molar-refractivity contribution in [3.63, 3.8) is 0 Å². The van der Waals surface area contributed by atoms with E-state index in [4.69, 9.17) is 11.6 Å². The largest absolute Gasteiger partial charge is 0.367 e. The number of rotatable bonds is 7. The summed E-state index contributed by atoms with van der Waals surface area (Å²) < 4.78 is 34.8. The van der Waals surface area contributed by atoms with Crippen LogP contribution in [0.15, 0.2) is 87.9 Å². The molecule has 150 valence electrons. The number of benzene rings is 3. The Balaban J connectivity index is 1.73. The lowest BCUT2D eigenvalue weighted by molar-refractivity contribution is 0.552. The highest BCUT2D eigenvalue weighted by atomic mass is 35.5. The van der Waals surface area contributed by atoms with Crippen molar-refractivity contribution in [2.24, 2.45) is 10.2 Å². The molecule has 0 aromatic heterocycles. The van der Waals surface area contributed by atoms with Gasteiger partial charge in [0, 0.05) is 18.8 Å². The summed E-state index contributed by atoms with van der Waals surface area (Å²) >= 11 is 5.97. The Bertz CT molecular complexity index is 1100. The maximum Gasteiger partial charge on any atom is 0.332 e. The summed E-state index contributed by atoms with van der Waals surface area (Å²) in [6, 6.07) is 21.2. The molecule has 0 bridgehead atoms. The van der Waals surface area contributed by atoms with Gasteiger partial charge in [-0.1, -0.05) is 41.9 Å². The van der Waals surface area contributed by atoms with E-state index < -0.39 is 15.1 Å². The fourth-order valence-corrected chi connectivity index (χ4v) is 3.52. The first kappa shape index (κ1) is 21.0. The molecule has 0 fully saturated rings. The smallest absolute Gasteiger partial charge is 0.332 e. The molecule has 0 N–H and O–H groups in total. The second kappa shape index (κ2) is 9.15. The molecular formula is C21H19ClFN3O2S. The molecule has 29 heavy (non-hydrogen) atoms. The Morgan fingerprint density at radius 2 is 1.66 bits per heavy atom. The van der Waals surface area contributed by atoms with Crippen LogP contribution in [0.25, 0.3) is 0 Å². The minimum atomic E-state index is -4.81. The van der Waals surface area contributed by atoms with Crippen LogP contribution in [0.5, 0.6) is 0 Å². The van der Waals surface area contributed by atoms with Crippen LogP contribution in [0, 0.1) is 0 Å². The molecule has 0 aliphatic carbocycles. The molecule has 0 heterocycles. The van der Waals surface area contributed by atoms with Crippen molar-refractivity contribution in [2.75, 3.05) is 11.4 Å². The van der Waals surface area contributed by atoms with E-state index in [9.17, 15) is 12.3 Å². The number of nitrogens with zero attached hydrogens (tertiary/aromatic N) is 3. The summed E-state index contributed by atoms with van der Waals surface area (Å²) in [6.07, 6.45) is 0. The van der Waals surface area contributed by atoms with Crippen LogP contribution in [0.2, 0.25) is 5.02 Å². The Morgan fingerprint density at radius 3 is 2.24 bits per heavy atom. The average molecular weight is 432 g/mol. The zero-order chi connectivity index (χ0) is 20.9. The van der Waals surface area contributed by atoms with Gasteiger partial charge in [0.2, 0.25) is 0 Å². The van der Waals surface area contributed by atoms with Gasteiger partial charge in [-0.2, -0.15) is 13.5 Å². The predicted molar refractivity (Wildman–Crippen MR) is 114 cm³/mol.